The van der Waals surface area contributed by atoms with Crippen LogP contribution in [0.4, 0.5) is 0 Å². The van der Waals surface area contributed by atoms with Crippen LogP contribution >= 0.6 is 11.3 Å². The Morgan fingerprint density at radius 2 is 1.93 bits per heavy atom. The van der Waals surface area contributed by atoms with Crippen molar-refractivity contribution in [3.05, 3.63) is 59.2 Å². The summed E-state index contributed by atoms with van der Waals surface area (Å²) in [5, 5.41) is 5.97. The molecule has 7 heteroatoms. The Morgan fingerprint density at radius 3 is 2.70 bits per heavy atom. The van der Waals surface area contributed by atoms with Gasteiger partial charge in [0.15, 0.2) is 18.1 Å². The standard InChI is InChI=1S/C20H21N3O3S/c1-25-17-5-2-3-6-18(17)26-13-19(24)22-10-4-7-20-23-16(14-27-20)15-8-11-21-12-9-15/h2-3,5-6,8-9,11-12,14H,4,7,10,13H2,1H3,(H,22,24). The maximum Gasteiger partial charge on any atom is 0.257 e. The van der Waals surface area contributed by atoms with Gasteiger partial charge in [-0.25, -0.2) is 4.98 Å². The lowest BCUT2D eigenvalue weighted by Crippen LogP contribution is -2.30. The van der Waals surface area contributed by atoms with E-state index >= 15 is 0 Å². The first kappa shape index (κ1) is 18.8. The van der Waals surface area contributed by atoms with Crippen molar-refractivity contribution in [2.24, 2.45) is 0 Å². The molecule has 0 saturated heterocycles. The minimum atomic E-state index is -0.155. The Bertz CT molecular complexity index is 868. The number of methoxy groups -OCH3 is 1. The molecule has 0 bridgehead atoms. The number of aryl methyl sites for hydroxylation is 1. The molecule has 3 rings (SSSR count). The summed E-state index contributed by atoms with van der Waals surface area (Å²) < 4.78 is 10.7. The fourth-order valence-electron chi connectivity index (χ4n) is 2.48. The van der Waals surface area contributed by atoms with Crippen LogP contribution < -0.4 is 14.8 Å². The van der Waals surface area contributed by atoms with Crippen LogP contribution in [0, 0.1) is 0 Å². The third kappa shape index (κ3) is 5.52. The molecular formula is C20H21N3O3S. The van der Waals surface area contributed by atoms with Crippen LogP contribution in [0.1, 0.15) is 11.4 Å². The van der Waals surface area contributed by atoms with Gasteiger partial charge >= 0.3 is 0 Å². The van der Waals surface area contributed by atoms with Gasteiger partial charge in [0, 0.05) is 36.3 Å². The number of hydrogen-bond acceptors (Lipinski definition) is 6. The Labute approximate surface area is 162 Å². The summed E-state index contributed by atoms with van der Waals surface area (Å²) in [4.78, 5) is 20.6. The molecule has 0 radical (unpaired) electrons. The summed E-state index contributed by atoms with van der Waals surface area (Å²) in [6.45, 7) is 0.544. The van der Waals surface area contributed by atoms with E-state index in [2.05, 4.69) is 15.3 Å². The second-order valence-electron chi connectivity index (χ2n) is 5.76. The Balaban J connectivity index is 1.38. The van der Waals surface area contributed by atoms with E-state index in [-0.39, 0.29) is 12.5 Å². The molecule has 0 aliphatic rings. The van der Waals surface area contributed by atoms with Crippen molar-refractivity contribution in [1.29, 1.82) is 0 Å². The van der Waals surface area contributed by atoms with E-state index in [1.54, 1.807) is 43.0 Å². The van der Waals surface area contributed by atoms with E-state index in [1.165, 1.54) is 0 Å². The van der Waals surface area contributed by atoms with Gasteiger partial charge in [-0.05, 0) is 30.7 Å². The van der Waals surface area contributed by atoms with E-state index in [1.807, 2.05) is 29.6 Å². The van der Waals surface area contributed by atoms with Crippen molar-refractivity contribution in [3.8, 4) is 22.8 Å². The molecular weight excluding hydrogens is 362 g/mol. The molecule has 1 aromatic carbocycles. The second kappa shape index (κ2) is 9.68. The Morgan fingerprint density at radius 1 is 1.15 bits per heavy atom. The van der Waals surface area contributed by atoms with E-state index in [0.29, 0.717) is 18.0 Å². The number of carbonyl (C=O) groups is 1. The molecule has 0 saturated carbocycles. The topological polar surface area (TPSA) is 73.3 Å². The van der Waals surface area contributed by atoms with Gasteiger partial charge in [-0.15, -0.1) is 11.3 Å². The summed E-state index contributed by atoms with van der Waals surface area (Å²) in [6, 6.07) is 11.1. The average molecular weight is 383 g/mol. The highest BCUT2D eigenvalue weighted by Gasteiger charge is 2.07. The van der Waals surface area contributed by atoms with Gasteiger partial charge in [0.05, 0.1) is 17.8 Å². The van der Waals surface area contributed by atoms with Gasteiger partial charge in [-0.3, -0.25) is 9.78 Å². The first-order chi connectivity index (χ1) is 13.3. The lowest BCUT2D eigenvalue weighted by Gasteiger charge is -2.10. The summed E-state index contributed by atoms with van der Waals surface area (Å²) >= 11 is 1.63. The molecule has 0 aliphatic carbocycles. The molecule has 140 valence electrons. The highest BCUT2D eigenvalue weighted by Crippen LogP contribution is 2.25. The lowest BCUT2D eigenvalue weighted by atomic mass is 10.2. The fourth-order valence-corrected chi connectivity index (χ4v) is 3.33. The van der Waals surface area contributed by atoms with Gasteiger partial charge < -0.3 is 14.8 Å². The summed E-state index contributed by atoms with van der Waals surface area (Å²) in [5.74, 6) is 1.01. The van der Waals surface area contributed by atoms with E-state index in [9.17, 15) is 4.79 Å². The number of rotatable bonds is 9. The van der Waals surface area contributed by atoms with Crippen LogP contribution in [0.15, 0.2) is 54.2 Å². The van der Waals surface area contributed by atoms with Gasteiger partial charge in [0.2, 0.25) is 0 Å². The highest BCUT2D eigenvalue weighted by atomic mass is 32.1. The lowest BCUT2D eigenvalue weighted by molar-refractivity contribution is -0.123. The average Bonchev–Trinajstić information content (AvgIpc) is 3.19. The number of amides is 1. The summed E-state index contributed by atoms with van der Waals surface area (Å²) in [6.07, 6.45) is 5.17. The SMILES string of the molecule is COc1ccccc1OCC(=O)NCCCc1nc(-c2ccncc2)cs1. The fraction of sp³-hybridized carbons (Fsp3) is 0.250. The quantitative estimate of drug-likeness (QED) is 0.574. The first-order valence-electron chi connectivity index (χ1n) is 8.63. The van der Waals surface area contributed by atoms with Crippen LogP contribution in [0.3, 0.4) is 0 Å². The number of benzene rings is 1. The molecule has 1 N–H and O–H groups in total. The maximum absolute atomic E-state index is 11.9. The third-order valence-electron chi connectivity index (χ3n) is 3.85. The van der Waals surface area contributed by atoms with Crippen LogP contribution in [0.5, 0.6) is 11.5 Å². The molecule has 2 aromatic heterocycles. The zero-order valence-corrected chi connectivity index (χ0v) is 15.9. The van der Waals surface area contributed by atoms with Crippen molar-refractivity contribution < 1.29 is 14.3 Å². The van der Waals surface area contributed by atoms with Crippen molar-refractivity contribution >= 4 is 17.2 Å². The number of carbonyl (C=O) groups excluding carboxylic acids is 1. The number of thiazole rings is 1. The largest absolute Gasteiger partial charge is 0.493 e. The van der Waals surface area contributed by atoms with E-state index in [0.717, 1.165) is 29.1 Å². The molecule has 0 aliphatic heterocycles. The maximum atomic E-state index is 11.9. The van der Waals surface area contributed by atoms with E-state index < -0.39 is 0 Å². The molecule has 0 spiro atoms. The molecule has 2 heterocycles. The zero-order chi connectivity index (χ0) is 18.9. The second-order valence-corrected chi connectivity index (χ2v) is 6.70. The molecule has 3 aromatic rings. The Kier molecular flexibility index (Phi) is 6.76. The van der Waals surface area contributed by atoms with Crippen LogP contribution in [0.2, 0.25) is 0 Å². The molecule has 27 heavy (non-hydrogen) atoms. The number of nitrogens with zero attached hydrogens (tertiary/aromatic N) is 2. The molecule has 6 nitrogen and oxygen atoms in total. The summed E-state index contributed by atoms with van der Waals surface area (Å²) in [7, 11) is 1.57. The molecule has 1 amide bonds. The minimum absolute atomic E-state index is 0.0379. The molecule has 0 unspecified atom stereocenters. The number of para-hydroxylation sites is 2. The van der Waals surface area contributed by atoms with E-state index in [4.69, 9.17) is 9.47 Å². The molecule has 0 fully saturated rings. The number of pyridine rings is 1. The number of aromatic nitrogens is 2. The third-order valence-corrected chi connectivity index (χ3v) is 4.75. The number of nitrogens with one attached hydrogen (secondary N) is 1. The first-order valence-corrected chi connectivity index (χ1v) is 9.51. The number of hydrogen-bond donors (Lipinski definition) is 1. The summed E-state index contributed by atoms with van der Waals surface area (Å²) in [5.41, 5.74) is 2.03. The molecule has 0 atom stereocenters. The monoisotopic (exact) mass is 383 g/mol. The van der Waals surface area contributed by atoms with Crippen molar-refractivity contribution in [2.75, 3.05) is 20.3 Å². The highest BCUT2D eigenvalue weighted by molar-refractivity contribution is 7.09. The van der Waals surface area contributed by atoms with Crippen molar-refractivity contribution in [2.45, 2.75) is 12.8 Å². The zero-order valence-electron chi connectivity index (χ0n) is 15.1. The predicted octanol–water partition coefficient (Wildman–Crippen LogP) is 3.34. The van der Waals surface area contributed by atoms with Gasteiger partial charge in [-0.2, -0.15) is 0 Å². The predicted molar refractivity (Wildman–Crippen MR) is 105 cm³/mol. The van der Waals surface area contributed by atoms with Gasteiger partial charge in [0.1, 0.15) is 0 Å². The van der Waals surface area contributed by atoms with Gasteiger partial charge in [-0.1, -0.05) is 12.1 Å². The van der Waals surface area contributed by atoms with Gasteiger partial charge in [0.25, 0.3) is 5.91 Å². The number of ether oxygens (including phenoxy) is 2. The van der Waals surface area contributed by atoms with Crippen LogP contribution in [-0.4, -0.2) is 36.1 Å². The van der Waals surface area contributed by atoms with Crippen molar-refractivity contribution in [3.63, 3.8) is 0 Å². The van der Waals surface area contributed by atoms with Crippen LogP contribution in [-0.2, 0) is 11.2 Å². The normalized spacial score (nSPS) is 10.4. The minimum Gasteiger partial charge on any atom is -0.493 e. The Hall–Kier alpha value is -2.93. The van der Waals surface area contributed by atoms with Crippen molar-refractivity contribution in [1.82, 2.24) is 15.3 Å². The van der Waals surface area contributed by atoms with Crippen LogP contribution in [0.25, 0.3) is 11.3 Å². The smallest absolute Gasteiger partial charge is 0.257 e.